The van der Waals surface area contributed by atoms with Crippen molar-refractivity contribution in [3.8, 4) is 0 Å². The zero-order valence-electron chi connectivity index (χ0n) is 14.9. The highest BCUT2D eigenvalue weighted by Crippen LogP contribution is 2.30. The second-order valence-corrected chi connectivity index (χ2v) is 9.17. The Balaban J connectivity index is 1.85. The third-order valence-electron chi connectivity index (χ3n) is 4.23. The fourth-order valence-corrected chi connectivity index (χ4v) is 5.12. The Morgan fingerprint density at radius 1 is 1.21 bits per heavy atom. The number of hydrogen-bond acceptors (Lipinski definition) is 5. The van der Waals surface area contributed by atoms with Gasteiger partial charge >= 0.3 is 0 Å². The molecule has 148 valence electrons. The molecule has 0 bridgehead atoms. The fourth-order valence-electron chi connectivity index (χ4n) is 2.80. The smallest absolute Gasteiger partial charge is 0.187 e. The van der Waals surface area contributed by atoms with E-state index >= 15 is 0 Å². The van der Waals surface area contributed by atoms with E-state index in [0.29, 0.717) is 17.7 Å². The number of thiazole rings is 1. The van der Waals surface area contributed by atoms with Crippen molar-refractivity contribution in [2.45, 2.75) is 30.5 Å². The van der Waals surface area contributed by atoms with Gasteiger partial charge in [-0.15, -0.1) is 11.3 Å². The molecule has 0 saturated carbocycles. The van der Waals surface area contributed by atoms with Gasteiger partial charge in [-0.2, -0.15) is 0 Å². The van der Waals surface area contributed by atoms with Crippen molar-refractivity contribution in [1.82, 2.24) is 4.98 Å². The number of nitrogens with one attached hydrogen (secondary N) is 1. The normalized spacial score (nSPS) is 11.6. The molecule has 9 heteroatoms. The Hall–Kier alpha value is -2.03. The summed E-state index contributed by atoms with van der Waals surface area (Å²) in [5.41, 5.74) is 3.33. The van der Waals surface area contributed by atoms with Crippen LogP contribution in [0.25, 0.3) is 0 Å². The maximum Gasteiger partial charge on any atom is 0.187 e. The first-order valence-corrected chi connectivity index (χ1v) is 11.4. The molecule has 0 spiro atoms. The maximum absolute atomic E-state index is 14.5. The van der Waals surface area contributed by atoms with Crippen LogP contribution in [0.5, 0.6) is 0 Å². The summed E-state index contributed by atoms with van der Waals surface area (Å²) in [5, 5.41) is 4.52. The van der Waals surface area contributed by atoms with Crippen molar-refractivity contribution >= 4 is 38.5 Å². The SMILES string of the molecule is CCc1cccc(F)c1CNc1cc(F)c(S(=O)(=O)Cc2cscn2)cc1Cl. The number of hydrogen-bond donors (Lipinski definition) is 1. The highest BCUT2D eigenvalue weighted by Gasteiger charge is 2.23. The van der Waals surface area contributed by atoms with Crippen LogP contribution >= 0.6 is 22.9 Å². The molecule has 0 radical (unpaired) electrons. The van der Waals surface area contributed by atoms with Gasteiger partial charge in [-0.3, -0.25) is 0 Å². The molecule has 3 rings (SSSR count). The fraction of sp³-hybridized carbons (Fsp3) is 0.211. The predicted molar refractivity (Wildman–Crippen MR) is 108 cm³/mol. The molecule has 0 aliphatic rings. The molecule has 2 aromatic carbocycles. The van der Waals surface area contributed by atoms with Gasteiger partial charge in [0.25, 0.3) is 0 Å². The largest absolute Gasteiger partial charge is 0.380 e. The maximum atomic E-state index is 14.5. The number of aryl methyl sites for hydroxylation is 1. The molecule has 4 nitrogen and oxygen atoms in total. The van der Waals surface area contributed by atoms with Gasteiger partial charge in [0, 0.05) is 17.5 Å². The molecule has 1 heterocycles. The van der Waals surface area contributed by atoms with E-state index in [1.54, 1.807) is 11.4 Å². The number of halogens is 3. The number of benzene rings is 2. The van der Waals surface area contributed by atoms with Crippen molar-refractivity contribution in [3.63, 3.8) is 0 Å². The van der Waals surface area contributed by atoms with Crippen molar-refractivity contribution in [1.29, 1.82) is 0 Å². The van der Waals surface area contributed by atoms with Crippen LogP contribution in [-0.2, 0) is 28.6 Å². The molecule has 0 aliphatic heterocycles. The number of aromatic nitrogens is 1. The van der Waals surface area contributed by atoms with E-state index in [0.717, 1.165) is 17.7 Å². The van der Waals surface area contributed by atoms with Gasteiger partial charge in [-0.1, -0.05) is 30.7 Å². The molecule has 0 fully saturated rings. The van der Waals surface area contributed by atoms with Crippen LogP contribution in [0.4, 0.5) is 14.5 Å². The van der Waals surface area contributed by atoms with Crippen molar-refractivity contribution in [2.75, 3.05) is 5.32 Å². The van der Waals surface area contributed by atoms with E-state index in [9.17, 15) is 17.2 Å². The van der Waals surface area contributed by atoms with Gasteiger partial charge in [-0.25, -0.2) is 22.2 Å². The Morgan fingerprint density at radius 2 is 2.00 bits per heavy atom. The summed E-state index contributed by atoms with van der Waals surface area (Å²) in [5.74, 6) is -1.71. The Bertz CT molecular complexity index is 1090. The lowest BCUT2D eigenvalue weighted by atomic mass is 10.0. The summed E-state index contributed by atoms with van der Waals surface area (Å²) >= 11 is 7.43. The molecule has 0 aliphatic carbocycles. The zero-order chi connectivity index (χ0) is 20.3. The van der Waals surface area contributed by atoms with Gasteiger partial charge in [-0.05, 0) is 30.2 Å². The van der Waals surface area contributed by atoms with E-state index in [1.165, 1.54) is 22.9 Å². The minimum atomic E-state index is -3.94. The first-order valence-electron chi connectivity index (χ1n) is 8.41. The van der Waals surface area contributed by atoms with Crippen LogP contribution in [0.2, 0.25) is 5.02 Å². The zero-order valence-corrected chi connectivity index (χ0v) is 17.3. The predicted octanol–water partition coefficient (Wildman–Crippen LogP) is 5.22. The summed E-state index contributed by atoms with van der Waals surface area (Å²) < 4.78 is 53.6. The third-order valence-corrected chi connectivity index (χ3v) is 6.84. The van der Waals surface area contributed by atoms with E-state index in [1.807, 2.05) is 13.0 Å². The van der Waals surface area contributed by atoms with Crippen LogP contribution in [0.1, 0.15) is 23.7 Å². The molecule has 3 aromatic rings. The van der Waals surface area contributed by atoms with Crippen LogP contribution < -0.4 is 5.32 Å². The molecule has 0 amide bonds. The summed E-state index contributed by atoms with van der Waals surface area (Å²) in [4.78, 5) is 3.43. The lowest BCUT2D eigenvalue weighted by Crippen LogP contribution is -2.10. The minimum absolute atomic E-state index is 0.0349. The quantitative estimate of drug-likeness (QED) is 0.544. The van der Waals surface area contributed by atoms with Gasteiger partial charge in [0.2, 0.25) is 0 Å². The Labute approximate surface area is 171 Å². The number of nitrogens with zero attached hydrogens (tertiary/aromatic N) is 1. The standard InChI is InChI=1S/C19H17ClF2N2O2S2/c1-2-12-4-3-5-16(21)14(12)8-23-18-7-17(22)19(6-15(18)20)28(25,26)10-13-9-27-11-24-13/h3-7,9,11,23H,2,8,10H2,1H3. The van der Waals surface area contributed by atoms with Crippen LogP contribution in [0.3, 0.4) is 0 Å². The van der Waals surface area contributed by atoms with E-state index in [-0.39, 0.29) is 23.1 Å². The highest BCUT2D eigenvalue weighted by molar-refractivity contribution is 7.90. The molecular formula is C19H17ClF2N2O2S2. The average molecular weight is 443 g/mol. The van der Waals surface area contributed by atoms with E-state index in [2.05, 4.69) is 10.3 Å². The number of sulfone groups is 1. The van der Waals surface area contributed by atoms with Gasteiger partial charge in [0.1, 0.15) is 16.5 Å². The molecule has 28 heavy (non-hydrogen) atoms. The molecule has 0 unspecified atom stereocenters. The van der Waals surface area contributed by atoms with Crippen LogP contribution in [0.15, 0.2) is 46.1 Å². The first kappa shape index (κ1) is 20.7. The molecule has 1 N–H and O–H groups in total. The highest BCUT2D eigenvalue weighted by atomic mass is 35.5. The Morgan fingerprint density at radius 3 is 2.68 bits per heavy atom. The van der Waals surface area contributed by atoms with Crippen molar-refractivity contribution < 1.29 is 17.2 Å². The van der Waals surface area contributed by atoms with Crippen molar-refractivity contribution in [2.24, 2.45) is 0 Å². The second kappa shape index (κ2) is 8.55. The Kier molecular flexibility index (Phi) is 6.32. The lowest BCUT2D eigenvalue weighted by molar-refractivity contribution is 0.566. The number of anilines is 1. The monoisotopic (exact) mass is 442 g/mol. The second-order valence-electron chi connectivity index (χ2n) is 6.09. The van der Waals surface area contributed by atoms with Gasteiger partial charge < -0.3 is 5.32 Å². The van der Waals surface area contributed by atoms with Crippen LogP contribution in [-0.4, -0.2) is 13.4 Å². The molecular weight excluding hydrogens is 426 g/mol. The summed E-state index contributed by atoms with van der Waals surface area (Å²) in [6.07, 6.45) is 0.644. The average Bonchev–Trinajstić information content (AvgIpc) is 3.14. The van der Waals surface area contributed by atoms with Crippen molar-refractivity contribution in [3.05, 3.63) is 74.7 Å². The topological polar surface area (TPSA) is 59.1 Å². The van der Waals surface area contributed by atoms with Gasteiger partial charge in [0.15, 0.2) is 9.84 Å². The van der Waals surface area contributed by atoms with Crippen LogP contribution in [0, 0.1) is 11.6 Å². The van der Waals surface area contributed by atoms with E-state index in [4.69, 9.17) is 11.6 Å². The minimum Gasteiger partial charge on any atom is -0.380 e. The molecule has 0 saturated heterocycles. The summed E-state index contributed by atoms with van der Waals surface area (Å²) in [6, 6.07) is 6.89. The van der Waals surface area contributed by atoms with E-state index < -0.39 is 26.3 Å². The first-order chi connectivity index (χ1) is 13.3. The molecule has 1 aromatic heterocycles. The summed E-state index contributed by atoms with van der Waals surface area (Å²) in [7, 11) is -3.94. The molecule has 0 atom stereocenters. The number of rotatable bonds is 7. The lowest BCUT2D eigenvalue weighted by Gasteiger charge is -2.14. The summed E-state index contributed by atoms with van der Waals surface area (Å²) in [6.45, 7) is 2.01. The third kappa shape index (κ3) is 4.51. The van der Waals surface area contributed by atoms with Gasteiger partial charge in [0.05, 0.1) is 27.7 Å².